The lowest BCUT2D eigenvalue weighted by atomic mass is 10.1. The summed E-state index contributed by atoms with van der Waals surface area (Å²) in [6, 6.07) is -0.719. The molecule has 0 aromatic carbocycles. The van der Waals surface area contributed by atoms with E-state index in [9.17, 15) is 8.42 Å². The molecule has 0 aliphatic carbocycles. The number of hydrogen-bond acceptors (Lipinski definition) is 4. The Morgan fingerprint density at radius 1 is 1.61 bits per heavy atom. The molecule has 0 saturated carbocycles. The van der Waals surface area contributed by atoms with Crippen molar-refractivity contribution >= 4 is 15.9 Å². The molecule has 1 aromatic heterocycles. The van der Waals surface area contributed by atoms with Gasteiger partial charge in [-0.25, -0.2) is 13.4 Å². The minimum atomic E-state index is -3.73. The lowest BCUT2D eigenvalue weighted by molar-refractivity contribution is 0.520. The first kappa shape index (κ1) is 14.7. The van der Waals surface area contributed by atoms with Crippen molar-refractivity contribution in [2.45, 2.75) is 38.3 Å². The Morgan fingerprint density at radius 2 is 2.22 bits per heavy atom. The summed E-state index contributed by atoms with van der Waals surface area (Å²) in [4.78, 5) is 6.65. The van der Waals surface area contributed by atoms with Gasteiger partial charge in [0.1, 0.15) is 11.7 Å². The number of rotatable bonds is 6. The van der Waals surface area contributed by atoms with Crippen molar-refractivity contribution in [2.24, 2.45) is 11.7 Å². The number of amidine groups is 1. The van der Waals surface area contributed by atoms with Gasteiger partial charge in [-0.15, -0.1) is 0 Å². The van der Waals surface area contributed by atoms with Crippen LogP contribution < -0.4 is 10.5 Å². The van der Waals surface area contributed by atoms with Crippen molar-refractivity contribution in [1.82, 2.24) is 14.7 Å². The quantitative estimate of drug-likeness (QED) is 0.436. The number of H-pyrrole nitrogens is 1. The molecule has 102 valence electrons. The highest BCUT2D eigenvalue weighted by Gasteiger charge is 2.25. The smallest absolute Gasteiger partial charge is 0.258 e. The Morgan fingerprint density at radius 3 is 2.61 bits per heavy atom. The van der Waals surface area contributed by atoms with E-state index < -0.39 is 16.1 Å². The van der Waals surface area contributed by atoms with Crippen LogP contribution in [-0.4, -0.2) is 30.3 Å². The predicted octanol–water partition coefficient (Wildman–Crippen LogP) is 0.211. The van der Waals surface area contributed by atoms with Gasteiger partial charge < -0.3 is 10.7 Å². The molecule has 0 saturated heterocycles. The van der Waals surface area contributed by atoms with Gasteiger partial charge >= 0.3 is 0 Å². The maximum atomic E-state index is 12.0. The normalized spacial score (nSPS) is 13.8. The molecule has 1 atom stereocenters. The van der Waals surface area contributed by atoms with Crippen LogP contribution in [0.3, 0.4) is 0 Å². The Balaban J connectivity index is 2.96. The average Bonchev–Trinajstić information content (AvgIpc) is 2.74. The Bertz CT molecular complexity index is 520. The van der Waals surface area contributed by atoms with Gasteiger partial charge in [0.15, 0.2) is 5.03 Å². The lowest BCUT2D eigenvalue weighted by Crippen LogP contribution is -2.47. The second-order valence-electron chi connectivity index (χ2n) is 4.35. The third-order valence-electron chi connectivity index (χ3n) is 2.51. The van der Waals surface area contributed by atoms with E-state index in [0.29, 0.717) is 12.2 Å². The van der Waals surface area contributed by atoms with Crippen molar-refractivity contribution in [3.63, 3.8) is 0 Å². The standard InChI is InChI=1S/C10H19N5O2S/c1-4-7-13-5-8(14-7)18(16,17)15-9(6(2)3)10(11)12/h5-6,9,15H,4H2,1-3H3,(H3,11,12)(H,13,14). The van der Waals surface area contributed by atoms with E-state index in [2.05, 4.69) is 14.7 Å². The van der Waals surface area contributed by atoms with Crippen LogP contribution >= 0.6 is 0 Å². The number of nitrogens with two attached hydrogens (primary N) is 1. The molecule has 0 bridgehead atoms. The van der Waals surface area contributed by atoms with E-state index in [1.54, 1.807) is 13.8 Å². The molecule has 5 N–H and O–H groups in total. The molecule has 8 heteroatoms. The van der Waals surface area contributed by atoms with E-state index in [4.69, 9.17) is 11.1 Å². The van der Waals surface area contributed by atoms with Gasteiger partial charge in [-0.3, -0.25) is 5.41 Å². The van der Waals surface area contributed by atoms with Crippen molar-refractivity contribution in [1.29, 1.82) is 5.41 Å². The van der Waals surface area contributed by atoms with Crippen LogP contribution in [0.2, 0.25) is 0 Å². The second kappa shape index (κ2) is 5.49. The number of nitrogens with one attached hydrogen (secondary N) is 3. The van der Waals surface area contributed by atoms with Crippen LogP contribution in [0.4, 0.5) is 0 Å². The molecule has 7 nitrogen and oxygen atoms in total. The van der Waals surface area contributed by atoms with E-state index in [0.717, 1.165) is 0 Å². The topological polar surface area (TPSA) is 125 Å². The van der Waals surface area contributed by atoms with Gasteiger partial charge in [0.25, 0.3) is 10.0 Å². The van der Waals surface area contributed by atoms with Gasteiger partial charge in [0.05, 0.1) is 12.2 Å². The summed E-state index contributed by atoms with van der Waals surface area (Å²) in [5, 5.41) is 7.38. The zero-order valence-electron chi connectivity index (χ0n) is 10.7. The molecule has 0 spiro atoms. The molecule has 0 fully saturated rings. The lowest BCUT2D eigenvalue weighted by Gasteiger charge is -2.20. The Labute approximate surface area is 107 Å². The molecule has 18 heavy (non-hydrogen) atoms. The summed E-state index contributed by atoms with van der Waals surface area (Å²) >= 11 is 0. The van der Waals surface area contributed by atoms with Crippen LogP contribution in [0.1, 0.15) is 26.6 Å². The summed E-state index contributed by atoms with van der Waals surface area (Å²) in [5.74, 6) is 0.286. The molecule has 0 aliphatic heterocycles. The first-order chi connectivity index (χ1) is 8.27. The SMILES string of the molecule is CCc1ncc(S(=O)(=O)NC(C(=N)N)C(C)C)[nH]1. The summed E-state index contributed by atoms with van der Waals surface area (Å²) in [7, 11) is -3.73. The summed E-state index contributed by atoms with van der Waals surface area (Å²) in [6.45, 7) is 5.45. The Hall–Kier alpha value is -1.41. The number of aromatic nitrogens is 2. The van der Waals surface area contributed by atoms with E-state index in [1.807, 2.05) is 6.92 Å². The largest absolute Gasteiger partial charge is 0.386 e. The first-order valence-electron chi connectivity index (χ1n) is 5.68. The fraction of sp³-hybridized carbons (Fsp3) is 0.600. The molecule has 0 amide bonds. The third-order valence-corrected chi connectivity index (χ3v) is 3.86. The number of aromatic amines is 1. The molecular formula is C10H19N5O2S. The summed E-state index contributed by atoms with van der Waals surface area (Å²) < 4.78 is 26.5. The minimum absolute atomic E-state index is 0.00810. The van der Waals surface area contributed by atoms with Gasteiger partial charge in [-0.2, -0.15) is 4.72 Å². The fourth-order valence-electron chi connectivity index (χ4n) is 1.45. The van der Waals surface area contributed by atoms with Crippen LogP contribution in [0.25, 0.3) is 0 Å². The van der Waals surface area contributed by atoms with Crippen LogP contribution in [0.5, 0.6) is 0 Å². The molecule has 0 aliphatic rings. The highest BCUT2D eigenvalue weighted by molar-refractivity contribution is 7.89. The third kappa shape index (κ3) is 3.30. The molecule has 0 radical (unpaired) electrons. The van der Waals surface area contributed by atoms with E-state index >= 15 is 0 Å². The number of sulfonamides is 1. The zero-order valence-corrected chi connectivity index (χ0v) is 11.5. The van der Waals surface area contributed by atoms with Crippen molar-refractivity contribution < 1.29 is 8.42 Å². The van der Waals surface area contributed by atoms with Gasteiger partial charge in [0, 0.05) is 6.42 Å². The van der Waals surface area contributed by atoms with Crippen LogP contribution in [-0.2, 0) is 16.4 Å². The fourth-order valence-corrected chi connectivity index (χ4v) is 2.75. The number of hydrogen-bond donors (Lipinski definition) is 4. The van der Waals surface area contributed by atoms with Gasteiger partial charge in [-0.05, 0) is 5.92 Å². The molecular weight excluding hydrogens is 254 g/mol. The van der Waals surface area contributed by atoms with Crippen molar-refractivity contribution in [2.75, 3.05) is 0 Å². The first-order valence-corrected chi connectivity index (χ1v) is 7.16. The number of aryl methyl sites for hydroxylation is 1. The van der Waals surface area contributed by atoms with E-state index in [1.165, 1.54) is 6.20 Å². The summed E-state index contributed by atoms with van der Waals surface area (Å²) in [6.07, 6.45) is 1.88. The average molecular weight is 273 g/mol. The molecule has 1 unspecified atom stereocenters. The minimum Gasteiger partial charge on any atom is -0.386 e. The maximum absolute atomic E-state index is 12.0. The predicted molar refractivity (Wildman–Crippen MR) is 68.8 cm³/mol. The van der Waals surface area contributed by atoms with Crippen LogP contribution in [0, 0.1) is 11.3 Å². The molecule has 1 heterocycles. The summed E-state index contributed by atoms with van der Waals surface area (Å²) in [5.41, 5.74) is 5.38. The van der Waals surface area contributed by atoms with Crippen molar-refractivity contribution in [3.8, 4) is 0 Å². The van der Waals surface area contributed by atoms with Crippen molar-refractivity contribution in [3.05, 3.63) is 12.0 Å². The highest BCUT2D eigenvalue weighted by atomic mass is 32.2. The molecule has 1 rings (SSSR count). The number of imidazole rings is 1. The maximum Gasteiger partial charge on any atom is 0.258 e. The second-order valence-corrected chi connectivity index (χ2v) is 6.03. The van der Waals surface area contributed by atoms with Gasteiger partial charge in [-0.1, -0.05) is 20.8 Å². The van der Waals surface area contributed by atoms with Crippen LogP contribution in [0.15, 0.2) is 11.2 Å². The Kier molecular flexibility index (Phi) is 4.47. The highest BCUT2D eigenvalue weighted by Crippen LogP contribution is 2.10. The van der Waals surface area contributed by atoms with Gasteiger partial charge in [0.2, 0.25) is 0 Å². The monoisotopic (exact) mass is 273 g/mol. The molecule has 1 aromatic rings. The zero-order chi connectivity index (χ0) is 13.9. The van der Waals surface area contributed by atoms with E-state index in [-0.39, 0.29) is 16.8 Å². The number of nitrogens with zero attached hydrogens (tertiary/aromatic N) is 1.